The van der Waals surface area contributed by atoms with Gasteiger partial charge in [0.15, 0.2) is 22.2 Å². The molecule has 0 bridgehead atoms. The zero-order valence-corrected chi connectivity index (χ0v) is 14.7. The molecule has 0 spiro atoms. The first-order valence-corrected chi connectivity index (χ1v) is 9.12. The largest absolute Gasteiger partial charge is 0.612 e. The van der Waals surface area contributed by atoms with E-state index in [-0.39, 0.29) is 17.3 Å². The van der Waals surface area contributed by atoms with Crippen LogP contribution < -0.4 is 10.2 Å². The van der Waals surface area contributed by atoms with Gasteiger partial charge in [-0.1, -0.05) is 0 Å². The summed E-state index contributed by atoms with van der Waals surface area (Å²) < 4.78 is 49.5. The third-order valence-electron chi connectivity index (χ3n) is 3.58. The van der Waals surface area contributed by atoms with E-state index in [1.807, 2.05) is 0 Å². The van der Waals surface area contributed by atoms with Gasteiger partial charge in [0.05, 0.1) is 0 Å². The highest BCUT2D eigenvalue weighted by atomic mass is 32.2. The van der Waals surface area contributed by atoms with E-state index >= 15 is 0 Å². The number of aryl methyl sites for hydroxylation is 1. The Kier molecular flexibility index (Phi) is 5.11. The molecule has 1 atom stereocenters. The van der Waals surface area contributed by atoms with Crippen LogP contribution >= 0.6 is 0 Å². The summed E-state index contributed by atoms with van der Waals surface area (Å²) >= 11 is -1.15. The second kappa shape index (κ2) is 7.31. The molecule has 0 saturated carbocycles. The van der Waals surface area contributed by atoms with Gasteiger partial charge >= 0.3 is 0 Å². The second-order valence-electron chi connectivity index (χ2n) is 5.53. The Hall–Kier alpha value is -2.64. The zero-order valence-electron chi connectivity index (χ0n) is 13.9. The first kappa shape index (κ1) is 18.2. The number of halogens is 2. The predicted molar refractivity (Wildman–Crippen MR) is 93.9 cm³/mol. The van der Waals surface area contributed by atoms with Crippen molar-refractivity contribution in [3.05, 3.63) is 76.1 Å². The van der Waals surface area contributed by atoms with Crippen LogP contribution in [-0.4, -0.2) is 10.8 Å². The summed E-state index contributed by atoms with van der Waals surface area (Å²) in [6.45, 7) is 1.60. The van der Waals surface area contributed by atoms with Gasteiger partial charge in [-0.3, -0.25) is 4.79 Å². The molecule has 0 saturated heterocycles. The van der Waals surface area contributed by atoms with Gasteiger partial charge < -0.3 is 13.7 Å². The van der Waals surface area contributed by atoms with Crippen molar-refractivity contribution < 1.29 is 22.5 Å². The van der Waals surface area contributed by atoms with Crippen molar-refractivity contribution in [2.45, 2.75) is 11.8 Å². The standard InChI is InChI=1S/C19H14F2O4S/c1-11-9-16(22)19(25-17-8-5-13(20)10-15(17)21)18(24-11)12-3-6-14(7-4-12)26(2)23/h3-10H,1-2H3/t26-/m0/s1. The molecule has 0 amide bonds. The molecule has 3 rings (SSSR count). The molecule has 26 heavy (non-hydrogen) atoms. The summed E-state index contributed by atoms with van der Waals surface area (Å²) in [7, 11) is 0. The van der Waals surface area contributed by atoms with Crippen LogP contribution in [0.15, 0.2) is 62.6 Å². The van der Waals surface area contributed by atoms with E-state index in [4.69, 9.17) is 9.15 Å². The smallest absolute Gasteiger partial charge is 0.228 e. The first-order chi connectivity index (χ1) is 12.3. The highest BCUT2D eigenvalue weighted by Crippen LogP contribution is 2.33. The summed E-state index contributed by atoms with van der Waals surface area (Å²) in [4.78, 5) is 13.0. The van der Waals surface area contributed by atoms with Crippen molar-refractivity contribution in [1.29, 1.82) is 0 Å². The number of rotatable bonds is 4. The van der Waals surface area contributed by atoms with Gasteiger partial charge in [-0.15, -0.1) is 0 Å². The van der Waals surface area contributed by atoms with Gasteiger partial charge in [-0.05, 0) is 54.5 Å². The van der Waals surface area contributed by atoms with E-state index in [0.29, 0.717) is 22.3 Å². The lowest BCUT2D eigenvalue weighted by atomic mass is 10.1. The van der Waals surface area contributed by atoms with Gasteiger partial charge in [-0.2, -0.15) is 0 Å². The van der Waals surface area contributed by atoms with Crippen molar-refractivity contribution in [3.8, 4) is 22.8 Å². The monoisotopic (exact) mass is 376 g/mol. The number of hydrogen-bond acceptors (Lipinski definition) is 4. The molecular formula is C19H14F2O4S. The third kappa shape index (κ3) is 3.79. The van der Waals surface area contributed by atoms with E-state index in [1.165, 1.54) is 6.07 Å². The van der Waals surface area contributed by atoms with Crippen molar-refractivity contribution >= 4 is 11.2 Å². The SMILES string of the molecule is Cc1cc(=O)c(Oc2ccc(F)cc2F)c(-c2ccc([S@+](C)[O-])cc2)o1. The van der Waals surface area contributed by atoms with Crippen molar-refractivity contribution in [2.24, 2.45) is 0 Å². The molecule has 1 aromatic heterocycles. The summed E-state index contributed by atoms with van der Waals surface area (Å²) in [6, 6.07) is 10.5. The molecule has 0 N–H and O–H groups in total. The normalized spacial score (nSPS) is 12.0. The average molecular weight is 376 g/mol. The maximum atomic E-state index is 13.9. The Bertz CT molecular complexity index is 997. The maximum Gasteiger partial charge on any atom is 0.228 e. The van der Waals surface area contributed by atoms with Gasteiger partial charge in [0.1, 0.15) is 17.8 Å². The predicted octanol–water partition coefficient (Wildman–Crippen LogP) is 4.42. The van der Waals surface area contributed by atoms with E-state index in [9.17, 15) is 18.1 Å². The summed E-state index contributed by atoms with van der Waals surface area (Å²) in [5.41, 5.74) is -0.00635. The molecule has 0 fully saturated rings. The topological polar surface area (TPSA) is 62.5 Å². The quantitative estimate of drug-likeness (QED) is 0.632. The van der Waals surface area contributed by atoms with Crippen LogP contribution in [0, 0.1) is 18.6 Å². The Labute approximate surface area is 151 Å². The molecule has 0 unspecified atom stereocenters. The van der Waals surface area contributed by atoms with E-state index in [2.05, 4.69) is 0 Å². The molecule has 3 aromatic rings. The van der Waals surface area contributed by atoms with E-state index in [0.717, 1.165) is 12.1 Å². The molecule has 134 valence electrons. The second-order valence-corrected chi connectivity index (χ2v) is 6.91. The Balaban J connectivity index is 2.09. The fourth-order valence-corrected chi connectivity index (χ4v) is 2.87. The molecule has 0 radical (unpaired) electrons. The summed E-state index contributed by atoms with van der Waals surface area (Å²) in [5, 5.41) is 0. The number of ether oxygens (including phenoxy) is 1. The van der Waals surface area contributed by atoms with E-state index < -0.39 is 28.2 Å². The van der Waals surface area contributed by atoms with Crippen LogP contribution in [0.1, 0.15) is 5.76 Å². The fourth-order valence-electron chi connectivity index (χ4n) is 2.35. The minimum absolute atomic E-state index is 0.104. The lowest BCUT2D eigenvalue weighted by molar-refractivity contribution is 0.412. The van der Waals surface area contributed by atoms with Gasteiger partial charge in [0.25, 0.3) is 0 Å². The van der Waals surface area contributed by atoms with E-state index in [1.54, 1.807) is 37.4 Å². The zero-order chi connectivity index (χ0) is 18.8. The van der Waals surface area contributed by atoms with Gasteiger partial charge in [0, 0.05) is 17.7 Å². The van der Waals surface area contributed by atoms with Crippen molar-refractivity contribution in [1.82, 2.24) is 0 Å². The lowest BCUT2D eigenvalue weighted by Gasteiger charge is -2.12. The molecule has 7 heteroatoms. The molecule has 0 aliphatic heterocycles. The van der Waals surface area contributed by atoms with Crippen LogP contribution in [0.3, 0.4) is 0 Å². The molecule has 0 aliphatic carbocycles. The number of benzene rings is 2. The van der Waals surface area contributed by atoms with Crippen LogP contribution in [0.5, 0.6) is 11.5 Å². The van der Waals surface area contributed by atoms with Gasteiger partial charge in [0.2, 0.25) is 11.2 Å². The Morgan fingerprint density at radius 2 is 1.77 bits per heavy atom. The average Bonchev–Trinajstić information content (AvgIpc) is 2.59. The Morgan fingerprint density at radius 1 is 1.08 bits per heavy atom. The first-order valence-electron chi connectivity index (χ1n) is 7.56. The molecule has 2 aromatic carbocycles. The fraction of sp³-hybridized carbons (Fsp3) is 0.105. The van der Waals surface area contributed by atoms with Crippen LogP contribution in [0.25, 0.3) is 11.3 Å². The number of hydrogen-bond donors (Lipinski definition) is 0. The summed E-state index contributed by atoms with van der Waals surface area (Å²) in [6.07, 6.45) is 1.55. The van der Waals surface area contributed by atoms with Gasteiger partial charge in [-0.25, -0.2) is 8.78 Å². The van der Waals surface area contributed by atoms with Crippen LogP contribution in [0.4, 0.5) is 8.78 Å². The Morgan fingerprint density at radius 3 is 2.38 bits per heavy atom. The minimum atomic E-state index is -1.15. The highest BCUT2D eigenvalue weighted by Gasteiger charge is 2.18. The van der Waals surface area contributed by atoms with Crippen LogP contribution in [0.2, 0.25) is 0 Å². The van der Waals surface area contributed by atoms with Crippen molar-refractivity contribution in [2.75, 3.05) is 6.26 Å². The molecule has 0 aliphatic rings. The minimum Gasteiger partial charge on any atom is -0.612 e. The molecule has 1 heterocycles. The maximum absolute atomic E-state index is 13.9. The summed E-state index contributed by atoms with van der Waals surface area (Å²) in [5.74, 6) is -1.75. The lowest BCUT2D eigenvalue weighted by Crippen LogP contribution is -2.07. The molecule has 4 nitrogen and oxygen atoms in total. The van der Waals surface area contributed by atoms with Crippen LogP contribution in [-0.2, 0) is 11.2 Å². The third-order valence-corrected chi connectivity index (χ3v) is 4.52. The molecular weight excluding hydrogens is 362 g/mol. The highest BCUT2D eigenvalue weighted by molar-refractivity contribution is 7.90. The van der Waals surface area contributed by atoms with Crippen molar-refractivity contribution in [3.63, 3.8) is 0 Å².